The summed E-state index contributed by atoms with van der Waals surface area (Å²) in [5.74, 6) is 0.880. The molecule has 3 rings (SSSR count). The van der Waals surface area contributed by atoms with Crippen molar-refractivity contribution in [2.75, 3.05) is 7.11 Å². The summed E-state index contributed by atoms with van der Waals surface area (Å²) < 4.78 is 7.22. The van der Waals surface area contributed by atoms with E-state index in [4.69, 9.17) is 10.5 Å². The monoisotopic (exact) mass is 308 g/mol. The Balaban J connectivity index is 1.88. The molecule has 0 bridgehead atoms. The van der Waals surface area contributed by atoms with Gasteiger partial charge in [-0.1, -0.05) is 29.5 Å². The van der Waals surface area contributed by atoms with Gasteiger partial charge in [0.15, 0.2) is 0 Å². The van der Waals surface area contributed by atoms with Crippen LogP contribution in [-0.4, -0.2) is 22.1 Å². The minimum Gasteiger partial charge on any atom is -0.496 e. The molecule has 0 aliphatic heterocycles. The second kappa shape index (κ2) is 6.62. The van der Waals surface area contributed by atoms with E-state index in [1.807, 2.05) is 35.9 Å². The van der Waals surface area contributed by atoms with E-state index in [-0.39, 0.29) is 0 Å². The zero-order valence-electron chi connectivity index (χ0n) is 13.4. The van der Waals surface area contributed by atoms with Crippen molar-refractivity contribution in [3.63, 3.8) is 0 Å². The highest BCUT2D eigenvalue weighted by Gasteiger charge is 2.09. The van der Waals surface area contributed by atoms with Gasteiger partial charge >= 0.3 is 0 Å². The summed E-state index contributed by atoms with van der Waals surface area (Å²) in [6, 6.07) is 14.3. The number of hydrogen-bond acceptors (Lipinski definition) is 4. The van der Waals surface area contributed by atoms with Crippen LogP contribution in [0.2, 0.25) is 0 Å². The first-order valence-electron chi connectivity index (χ1n) is 7.52. The largest absolute Gasteiger partial charge is 0.496 e. The van der Waals surface area contributed by atoms with Crippen LogP contribution in [0.1, 0.15) is 16.7 Å². The van der Waals surface area contributed by atoms with Crippen molar-refractivity contribution in [1.29, 1.82) is 0 Å². The van der Waals surface area contributed by atoms with Crippen LogP contribution in [0.25, 0.3) is 11.3 Å². The van der Waals surface area contributed by atoms with Gasteiger partial charge < -0.3 is 10.5 Å². The van der Waals surface area contributed by atoms with Crippen LogP contribution in [0.4, 0.5) is 0 Å². The van der Waals surface area contributed by atoms with E-state index < -0.39 is 0 Å². The third-order valence-electron chi connectivity index (χ3n) is 3.90. The molecule has 0 amide bonds. The SMILES string of the molecule is COc1ccc(-c2cnnn2Cc2ccc(CN)cc2)cc1C. The Morgan fingerprint density at radius 3 is 2.48 bits per heavy atom. The first-order valence-corrected chi connectivity index (χ1v) is 7.52. The van der Waals surface area contributed by atoms with Gasteiger partial charge in [0.05, 0.1) is 25.5 Å². The van der Waals surface area contributed by atoms with Gasteiger partial charge in [0, 0.05) is 12.1 Å². The number of hydrogen-bond donors (Lipinski definition) is 1. The Labute approximate surface area is 135 Å². The molecule has 0 radical (unpaired) electrons. The minimum absolute atomic E-state index is 0.556. The fourth-order valence-corrected chi connectivity index (χ4v) is 2.59. The zero-order chi connectivity index (χ0) is 16.2. The van der Waals surface area contributed by atoms with Crippen molar-refractivity contribution < 1.29 is 4.74 Å². The summed E-state index contributed by atoms with van der Waals surface area (Å²) in [5.41, 5.74) is 11.1. The quantitative estimate of drug-likeness (QED) is 0.787. The van der Waals surface area contributed by atoms with E-state index in [0.29, 0.717) is 13.1 Å². The molecule has 0 unspecified atom stereocenters. The molecule has 118 valence electrons. The number of benzene rings is 2. The number of rotatable bonds is 5. The van der Waals surface area contributed by atoms with Crippen molar-refractivity contribution in [2.24, 2.45) is 5.73 Å². The maximum Gasteiger partial charge on any atom is 0.121 e. The van der Waals surface area contributed by atoms with Crippen LogP contribution >= 0.6 is 0 Å². The van der Waals surface area contributed by atoms with Crippen LogP contribution in [-0.2, 0) is 13.1 Å². The zero-order valence-corrected chi connectivity index (χ0v) is 13.4. The van der Waals surface area contributed by atoms with E-state index in [1.165, 1.54) is 5.56 Å². The average molecular weight is 308 g/mol. The highest BCUT2D eigenvalue weighted by atomic mass is 16.5. The molecule has 0 saturated carbocycles. The molecular formula is C18H20N4O. The molecule has 3 aromatic rings. The summed E-state index contributed by atoms with van der Waals surface area (Å²) in [4.78, 5) is 0. The molecule has 0 fully saturated rings. The third-order valence-corrected chi connectivity index (χ3v) is 3.90. The fourth-order valence-electron chi connectivity index (χ4n) is 2.59. The second-order valence-electron chi connectivity index (χ2n) is 5.48. The molecule has 5 heteroatoms. The predicted octanol–water partition coefficient (Wildman–Crippen LogP) is 2.77. The number of nitrogens with two attached hydrogens (primary N) is 1. The standard InChI is InChI=1S/C18H20N4O/c1-13-9-16(7-8-18(13)23-2)17-11-20-21-22(17)12-15-5-3-14(10-19)4-6-15/h3-9,11H,10,12,19H2,1-2H3. The van der Waals surface area contributed by atoms with Crippen LogP contribution < -0.4 is 10.5 Å². The number of aryl methyl sites for hydroxylation is 1. The summed E-state index contributed by atoms with van der Waals surface area (Å²) in [7, 11) is 1.68. The summed E-state index contributed by atoms with van der Waals surface area (Å²) >= 11 is 0. The lowest BCUT2D eigenvalue weighted by molar-refractivity contribution is 0.412. The number of methoxy groups -OCH3 is 1. The van der Waals surface area contributed by atoms with E-state index >= 15 is 0 Å². The predicted molar refractivity (Wildman–Crippen MR) is 90.2 cm³/mol. The Hall–Kier alpha value is -2.66. The molecule has 0 aliphatic carbocycles. The van der Waals surface area contributed by atoms with E-state index in [2.05, 4.69) is 28.5 Å². The van der Waals surface area contributed by atoms with E-state index in [9.17, 15) is 0 Å². The summed E-state index contributed by atoms with van der Waals surface area (Å²) in [6.07, 6.45) is 1.79. The van der Waals surface area contributed by atoms with Crippen molar-refractivity contribution in [2.45, 2.75) is 20.0 Å². The number of ether oxygens (including phenoxy) is 1. The van der Waals surface area contributed by atoms with Gasteiger partial charge in [-0.3, -0.25) is 0 Å². The maximum atomic E-state index is 5.64. The molecular weight excluding hydrogens is 288 g/mol. The molecule has 23 heavy (non-hydrogen) atoms. The molecule has 5 nitrogen and oxygen atoms in total. The number of aromatic nitrogens is 3. The lowest BCUT2D eigenvalue weighted by atomic mass is 10.1. The van der Waals surface area contributed by atoms with Crippen LogP contribution in [0.5, 0.6) is 5.75 Å². The van der Waals surface area contributed by atoms with Crippen molar-refractivity contribution in [3.05, 3.63) is 65.4 Å². The first-order chi connectivity index (χ1) is 11.2. The Bertz CT molecular complexity index is 793. The smallest absolute Gasteiger partial charge is 0.121 e. The van der Waals surface area contributed by atoms with Crippen molar-refractivity contribution in [1.82, 2.24) is 15.0 Å². The lowest BCUT2D eigenvalue weighted by Crippen LogP contribution is -2.05. The molecule has 2 N–H and O–H groups in total. The highest BCUT2D eigenvalue weighted by molar-refractivity contribution is 5.61. The molecule has 0 spiro atoms. The average Bonchev–Trinajstić information content (AvgIpc) is 3.03. The fraction of sp³-hybridized carbons (Fsp3) is 0.222. The third kappa shape index (κ3) is 3.24. The lowest BCUT2D eigenvalue weighted by Gasteiger charge is -2.10. The molecule has 0 aliphatic rings. The van der Waals surface area contributed by atoms with E-state index in [0.717, 1.165) is 28.1 Å². The van der Waals surface area contributed by atoms with Gasteiger partial charge in [-0.05, 0) is 41.8 Å². The van der Waals surface area contributed by atoms with Gasteiger partial charge in [0.1, 0.15) is 5.75 Å². The molecule has 1 aromatic heterocycles. The van der Waals surface area contributed by atoms with Gasteiger partial charge in [-0.15, -0.1) is 5.10 Å². The van der Waals surface area contributed by atoms with Crippen LogP contribution in [0.3, 0.4) is 0 Å². The maximum absolute atomic E-state index is 5.64. The van der Waals surface area contributed by atoms with Crippen molar-refractivity contribution in [3.8, 4) is 17.0 Å². The molecule has 0 atom stereocenters. The molecule has 1 heterocycles. The topological polar surface area (TPSA) is 66.0 Å². The first kappa shape index (κ1) is 15.2. The van der Waals surface area contributed by atoms with Gasteiger partial charge in [0.25, 0.3) is 0 Å². The normalized spacial score (nSPS) is 10.7. The highest BCUT2D eigenvalue weighted by Crippen LogP contribution is 2.25. The van der Waals surface area contributed by atoms with Gasteiger partial charge in [-0.2, -0.15) is 0 Å². The van der Waals surface area contributed by atoms with Crippen LogP contribution in [0, 0.1) is 6.92 Å². The Morgan fingerprint density at radius 1 is 1.09 bits per heavy atom. The number of nitrogens with zero attached hydrogens (tertiary/aromatic N) is 3. The Morgan fingerprint density at radius 2 is 1.83 bits per heavy atom. The summed E-state index contributed by atoms with van der Waals surface area (Å²) in [5, 5.41) is 8.28. The molecule has 0 saturated heterocycles. The van der Waals surface area contributed by atoms with Gasteiger partial charge in [-0.25, -0.2) is 4.68 Å². The summed E-state index contributed by atoms with van der Waals surface area (Å²) in [6.45, 7) is 3.26. The van der Waals surface area contributed by atoms with Gasteiger partial charge in [0.2, 0.25) is 0 Å². The van der Waals surface area contributed by atoms with E-state index in [1.54, 1.807) is 13.3 Å². The van der Waals surface area contributed by atoms with Crippen LogP contribution in [0.15, 0.2) is 48.7 Å². The molecule has 2 aromatic carbocycles. The minimum atomic E-state index is 0.556. The Kier molecular flexibility index (Phi) is 4.39. The van der Waals surface area contributed by atoms with Crippen molar-refractivity contribution >= 4 is 0 Å². The second-order valence-corrected chi connectivity index (χ2v) is 5.48.